The monoisotopic (exact) mass is 652 g/mol. The minimum absolute atomic E-state index is 0.0913. The van der Waals surface area contributed by atoms with Crippen molar-refractivity contribution in [3.63, 3.8) is 0 Å². The zero-order valence-electron chi connectivity index (χ0n) is 28.3. The van der Waals surface area contributed by atoms with E-state index in [0.29, 0.717) is 31.4 Å². The Bertz CT molecular complexity index is 1580. The number of hydrogen-bond donors (Lipinski definition) is 1. The van der Waals surface area contributed by atoms with Crippen LogP contribution in [-0.2, 0) is 27.1 Å². The van der Waals surface area contributed by atoms with Gasteiger partial charge in [-0.1, -0.05) is 33.8 Å². The third kappa shape index (κ3) is 8.49. The molecule has 12 heteroatoms. The van der Waals surface area contributed by atoms with Crippen LogP contribution in [0.15, 0.2) is 48.9 Å². The van der Waals surface area contributed by atoms with Crippen molar-refractivity contribution >= 4 is 30.6 Å². The van der Waals surface area contributed by atoms with Gasteiger partial charge in [0.2, 0.25) is 0 Å². The molecule has 0 amide bonds. The quantitative estimate of drug-likeness (QED) is 0.0932. The Morgan fingerprint density at radius 3 is 2.44 bits per heavy atom. The lowest BCUT2D eigenvalue weighted by Gasteiger charge is -2.36. The van der Waals surface area contributed by atoms with Gasteiger partial charge in [0, 0.05) is 24.0 Å². The highest BCUT2D eigenvalue weighted by molar-refractivity contribution is 7.90. The van der Waals surface area contributed by atoms with E-state index in [2.05, 4.69) is 50.5 Å². The number of hydrogen-bond acceptors (Lipinski definition) is 9. The van der Waals surface area contributed by atoms with E-state index in [1.54, 1.807) is 30.4 Å². The van der Waals surface area contributed by atoms with Crippen molar-refractivity contribution in [1.82, 2.24) is 29.5 Å². The molecule has 0 saturated carbocycles. The molecule has 2 atom stereocenters. The van der Waals surface area contributed by atoms with Crippen LogP contribution in [0.1, 0.15) is 72.3 Å². The lowest BCUT2D eigenvalue weighted by atomic mass is 10.1. The highest BCUT2D eigenvalue weighted by Gasteiger charge is 2.37. The number of rotatable bonds is 13. The maximum atomic E-state index is 12.9. The van der Waals surface area contributed by atoms with Crippen LogP contribution < -0.4 is 9.46 Å². The molecule has 3 aromatic heterocycles. The first kappa shape index (κ1) is 35.0. The number of benzene rings is 1. The SMILES string of the molecule is CC[C@H](N[S@+]([O-])C(C)(C)C)c1cccc(-c2cc(OCCOC)c3cnn(-c4cncc(CO[Si](C)(C)C(C)(C)C)n4)c3c2)n1. The summed E-state index contributed by atoms with van der Waals surface area (Å²) in [5, 5.41) is 5.63. The van der Waals surface area contributed by atoms with Crippen LogP contribution in [0.5, 0.6) is 5.75 Å². The van der Waals surface area contributed by atoms with Crippen LogP contribution in [0.25, 0.3) is 28.0 Å². The summed E-state index contributed by atoms with van der Waals surface area (Å²) in [4.78, 5) is 14.4. The number of nitrogens with zero attached hydrogens (tertiary/aromatic N) is 5. The zero-order chi connectivity index (χ0) is 33.0. The van der Waals surface area contributed by atoms with E-state index in [-0.39, 0.29) is 15.8 Å². The molecular weight excluding hydrogens is 605 g/mol. The van der Waals surface area contributed by atoms with Crippen molar-refractivity contribution in [2.24, 2.45) is 0 Å². The molecule has 244 valence electrons. The van der Waals surface area contributed by atoms with Gasteiger partial charge >= 0.3 is 0 Å². The van der Waals surface area contributed by atoms with Gasteiger partial charge < -0.3 is 18.5 Å². The molecule has 0 aliphatic heterocycles. The van der Waals surface area contributed by atoms with Crippen LogP contribution in [0.4, 0.5) is 0 Å². The maximum Gasteiger partial charge on any atom is 0.192 e. The molecule has 1 aromatic carbocycles. The van der Waals surface area contributed by atoms with E-state index >= 15 is 0 Å². The fraction of sp³-hybridized carbons (Fsp3) is 0.515. The molecule has 1 N–H and O–H groups in total. The van der Waals surface area contributed by atoms with E-state index in [1.165, 1.54) is 0 Å². The Balaban J connectivity index is 1.74. The van der Waals surface area contributed by atoms with E-state index < -0.39 is 19.7 Å². The predicted molar refractivity (Wildman–Crippen MR) is 183 cm³/mol. The highest BCUT2D eigenvalue weighted by Crippen LogP contribution is 2.37. The van der Waals surface area contributed by atoms with Gasteiger partial charge in [-0.3, -0.25) is 9.97 Å². The standard InChI is InChI=1S/C33H48N6O4SSi/c1-11-26(38-44(40)32(2,3)4)28-14-12-13-27(37-28)23-17-29-25(30(18-23)42-16-15-41-8)20-35-39(29)31-21-34-19-24(36-31)22-43-45(9,10)33(5,6)7/h12-14,17-21,26,38H,11,15-16,22H2,1-10H3/t26-,44+/m0/s1. The third-order valence-corrected chi connectivity index (χ3v) is 14.2. The summed E-state index contributed by atoms with van der Waals surface area (Å²) >= 11 is -1.23. The van der Waals surface area contributed by atoms with E-state index in [4.69, 9.17) is 29.0 Å². The van der Waals surface area contributed by atoms with Crippen molar-refractivity contribution in [1.29, 1.82) is 0 Å². The van der Waals surface area contributed by atoms with Crippen molar-refractivity contribution in [3.05, 3.63) is 60.3 Å². The van der Waals surface area contributed by atoms with Gasteiger partial charge in [-0.15, -0.1) is 4.72 Å². The fourth-order valence-electron chi connectivity index (χ4n) is 4.28. The van der Waals surface area contributed by atoms with Crippen LogP contribution in [-0.4, -0.2) is 62.7 Å². The first-order valence-electron chi connectivity index (χ1n) is 15.4. The van der Waals surface area contributed by atoms with Gasteiger partial charge in [-0.2, -0.15) is 5.10 Å². The second-order valence-corrected chi connectivity index (χ2v) is 20.4. The molecule has 3 heterocycles. The molecule has 0 aliphatic carbocycles. The van der Waals surface area contributed by atoms with Crippen molar-refractivity contribution < 1.29 is 18.5 Å². The molecule has 4 aromatic rings. The van der Waals surface area contributed by atoms with Crippen LogP contribution in [0.2, 0.25) is 18.1 Å². The molecular formula is C33H48N6O4SSi. The van der Waals surface area contributed by atoms with E-state index in [1.807, 2.05) is 51.1 Å². The Kier molecular flexibility index (Phi) is 11.1. The predicted octanol–water partition coefficient (Wildman–Crippen LogP) is 6.93. The molecule has 0 aliphatic rings. The molecule has 0 saturated heterocycles. The van der Waals surface area contributed by atoms with Gasteiger partial charge in [0.25, 0.3) is 0 Å². The second kappa shape index (κ2) is 14.3. The summed E-state index contributed by atoms with van der Waals surface area (Å²) in [5.41, 5.74) is 4.00. The first-order valence-corrected chi connectivity index (χ1v) is 19.4. The molecule has 0 spiro atoms. The summed E-state index contributed by atoms with van der Waals surface area (Å²) < 4.78 is 35.4. The van der Waals surface area contributed by atoms with Crippen LogP contribution >= 0.6 is 0 Å². The summed E-state index contributed by atoms with van der Waals surface area (Å²) in [6.07, 6.45) is 5.97. The maximum absolute atomic E-state index is 12.9. The van der Waals surface area contributed by atoms with Gasteiger partial charge in [-0.05, 0) is 69.6 Å². The van der Waals surface area contributed by atoms with Gasteiger partial charge in [0.05, 0.1) is 65.8 Å². The number of pyridine rings is 1. The number of aromatic nitrogens is 5. The van der Waals surface area contributed by atoms with Crippen molar-refractivity contribution in [3.8, 4) is 22.8 Å². The Morgan fingerprint density at radius 2 is 1.78 bits per heavy atom. The first-order chi connectivity index (χ1) is 21.1. The summed E-state index contributed by atoms with van der Waals surface area (Å²) in [7, 11) is -0.316. The summed E-state index contributed by atoms with van der Waals surface area (Å²) in [6.45, 7) is 20.3. The average Bonchev–Trinajstić information content (AvgIpc) is 3.42. The zero-order valence-corrected chi connectivity index (χ0v) is 30.1. The van der Waals surface area contributed by atoms with Gasteiger partial charge in [-0.25, -0.2) is 9.67 Å². The van der Waals surface area contributed by atoms with Crippen molar-refractivity contribution in [2.45, 2.75) is 90.4 Å². The van der Waals surface area contributed by atoms with E-state index in [9.17, 15) is 4.55 Å². The Morgan fingerprint density at radius 1 is 1.02 bits per heavy atom. The molecule has 4 rings (SSSR count). The molecule has 0 fully saturated rings. The Labute approximate surface area is 271 Å². The molecule has 0 unspecified atom stereocenters. The van der Waals surface area contributed by atoms with Gasteiger partial charge in [0.1, 0.15) is 17.1 Å². The average molecular weight is 653 g/mol. The second-order valence-electron chi connectivity index (χ2n) is 13.6. The Hall–Kier alpha value is -2.87. The van der Waals surface area contributed by atoms with Gasteiger partial charge in [0.15, 0.2) is 14.1 Å². The molecule has 0 bridgehead atoms. The number of methoxy groups -OCH3 is 1. The third-order valence-electron chi connectivity index (χ3n) is 8.11. The number of fused-ring (bicyclic) bond motifs is 1. The highest BCUT2D eigenvalue weighted by atomic mass is 32.2. The summed E-state index contributed by atoms with van der Waals surface area (Å²) in [6, 6.07) is 9.77. The van der Waals surface area contributed by atoms with Crippen LogP contribution in [0, 0.1) is 0 Å². The van der Waals surface area contributed by atoms with Crippen LogP contribution in [0.3, 0.4) is 0 Å². The van der Waals surface area contributed by atoms with E-state index in [0.717, 1.165) is 40.0 Å². The molecule has 45 heavy (non-hydrogen) atoms. The lowest BCUT2D eigenvalue weighted by Crippen LogP contribution is -2.41. The minimum Gasteiger partial charge on any atom is -0.598 e. The molecule has 0 radical (unpaired) electrons. The topological polar surface area (TPSA) is 119 Å². The van der Waals surface area contributed by atoms with Crippen molar-refractivity contribution in [2.75, 3.05) is 20.3 Å². The number of ether oxygens (including phenoxy) is 2. The largest absolute Gasteiger partial charge is 0.598 e. The number of nitrogens with one attached hydrogen (secondary N) is 1. The smallest absolute Gasteiger partial charge is 0.192 e. The fourth-order valence-corrected chi connectivity index (χ4v) is 6.12. The lowest BCUT2D eigenvalue weighted by molar-refractivity contribution is 0.147. The normalized spacial score (nSPS) is 14.1. The summed E-state index contributed by atoms with van der Waals surface area (Å²) in [5.74, 6) is 1.25. The molecule has 10 nitrogen and oxygen atoms in total. The minimum atomic E-state index is -1.96.